The van der Waals surface area contributed by atoms with Crippen LogP contribution in [0.25, 0.3) is 10.3 Å². The van der Waals surface area contributed by atoms with Crippen LogP contribution < -0.4 is 0 Å². The second-order valence-corrected chi connectivity index (χ2v) is 3.07. The number of rotatable bonds is 0. The fourth-order valence-electron chi connectivity index (χ4n) is 0.852. The molecule has 0 spiro atoms. The van der Waals surface area contributed by atoms with Gasteiger partial charge in [0.25, 0.3) is 0 Å². The van der Waals surface area contributed by atoms with Gasteiger partial charge in [0.05, 0.1) is 10.2 Å². The third-order valence-corrected chi connectivity index (χ3v) is 2.09. The first-order valence-electron chi connectivity index (χ1n) is 4.02. The second-order valence-electron chi connectivity index (χ2n) is 2.19. The molecule has 0 saturated heterocycles. The number of aryl methyl sites for hydroxylation is 1. The molecule has 0 fully saturated rings. The van der Waals surface area contributed by atoms with Gasteiger partial charge in [0, 0.05) is 6.20 Å². The highest BCUT2D eigenvalue weighted by molar-refractivity contribution is 7.16. The summed E-state index contributed by atoms with van der Waals surface area (Å²) in [5, 5.41) is 0. The van der Waals surface area contributed by atoms with Crippen LogP contribution in [0.4, 0.5) is 0 Å². The molecular formula is C9H12N2S. The molecule has 2 heterocycles. The molecule has 0 amide bonds. The van der Waals surface area contributed by atoms with Crippen LogP contribution in [-0.2, 0) is 0 Å². The number of aromatic nitrogens is 2. The Bertz CT molecular complexity index is 354. The van der Waals surface area contributed by atoms with Gasteiger partial charge in [-0.1, -0.05) is 13.8 Å². The van der Waals surface area contributed by atoms with Gasteiger partial charge in [-0.2, -0.15) is 0 Å². The minimum atomic E-state index is 0.857. The molecule has 64 valence electrons. The highest BCUT2D eigenvalue weighted by Gasteiger charge is 1.95. The van der Waals surface area contributed by atoms with E-state index in [4.69, 9.17) is 0 Å². The third kappa shape index (κ3) is 1.80. The molecule has 0 radical (unpaired) electrons. The van der Waals surface area contributed by atoms with Gasteiger partial charge < -0.3 is 0 Å². The van der Waals surface area contributed by atoms with Gasteiger partial charge in [0.15, 0.2) is 5.65 Å². The summed E-state index contributed by atoms with van der Waals surface area (Å²) in [5.74, 6) is 0. The van der Waals surface area contributed by atoms with Gasteiger partial charge >= 0.3 is 0 Å². The Hall–Kier alpha value is -0.960. The fourth-order valence-corrected chi connectivity index (χ4v) is 1.58. The lowest BCUT2D eigenvalue weighted by molar-refractivity contribution is 1.29. The first-order valence-corrected chi connectivity index (χ1v) is 4.90. The zero-order chi connectivity index (χ0) is 8.97. The smallest absolute Gasteiger partial charge is 0.170 e. The van der Waals surface area contributed by atoms with Crippen LogP contribution in [0.5, 0.6) is 0 Å². The Morgan fingerprint density at radius 2 is 2.00 bits per heavy atom. The second kappa shape index (κ2) is 4.16. The lowest BCUT2D eigenvalue weighted by Crippen LogP contribution is -1.76. The van der Waals surface area contributed by atoms with Crippen LogP contribution in [0.1, 0.15) is 19.4 Å². The Morgan fingerprint density at radius 1 is 1.25 bits per heavy atom. The van der Waals surface area contributed by atoms with Crippen LogP contribution in [-0.4, -0.2) is 9.97 Å². The van der Waals surface area contributed by atoms with E-state index in [2.05, 4.69) is 16.0 Å². The average molecular weight is 180 g/mol. The Balaban J connectivity index is 0.000000336. The third-order valence-electron chi connectivity index (χ3n) is 1.32. The van der Waals surface area contributed by atoms with Crippen LogP contribution in [0.2, 0.25) is 0 Å². The van der Waals surface area contributed by atoms with E-state index in [1.54, 1.807) is 11.3 Å². The number of hydrogen-bond acceptors (Lipinski definition) is 3. The molecule has 0 aromatic carbocycles. The molecular weight excluding hydrogens is 168 g/mol. The van der Waals surface area contributed by atoms with Crippen LogP contribution in [0.15, 0.2) is 17.8 Å². The molecule has 0 aliphatic carbocycles. The van der Waals surface area contributed by atoms with Crippen molar-refractivity contribution in [2.45, 2.75) is 20.8 Å². The van der Waals surface area contributed by atoms with Crippen molar-refractivity contribution in [2.75, 3.05) is 0 Å². The van der Waals surface area contributed by atoms with Gasteiger partial charge in [0.2, 0.25) is 0 Å². The molecule has 2 aromatic heterocycles. The van der Waals surface area contributed by atoms with E-state index < -0.39 is 0 Å². The van der Waals surface area contributed by atoms with Crippen molar-refractivity contribution in [3.8, 4) is 0 Å². The number of fused-ring (bicyclic) bond motifs is 1. The van der Waals surface area contributed by atoms with Crippen LogP contribution in [0, 0.1) is 6.92 Å². The van der Waals surface area contributed by atoms with Crippen molar-refractivity contribution < 1.29 is 0 Å². The molecule has 2 aromatic rings. The van der Waals surface area contributed by atoms with Crippen molar-refractivity contribution in [3.63, 3.8) is 0 Å². The predicted molar refractivity (Wildman–Crippen MR) is 53.5 cm³/mol. The lowest BCUT2D eigenvalue weighted by atomic mass is 10.3. The van der Waals surface area contributed by atoms with Crippen molar-refractivity contribution in [3.05, 3.63) is 23.3 Å². The van der Waals surface area contributed by atoms with E-state index in [-0.39, 0.29) is 0 Å². The Labute approximate surface area is 76.3 Å². The first-order chi connectivity index (χ1) is 5.86. The van der Waals surface area contributed by atoms with Crippen molar-refractivity contribution in [2.24, 2.45) is 0 Å². The average Bonchev–Trinajstić information content (AvgIpc) is 2.54. The lowest BCUT2D eigenvalue weighted by Gasteiger charge is -1.87. The van der Waals surface area contributed by atoms with Crippen molar-refractivity contribution in [1.82, 2.24) is 9.97 Å². The zero-order valence-corrected chi connectivity index (χ0v) is 8.35. The number of hydrogen-bond donors (Lipinski definition) is 0. The van der Waals surface area contributed by atoms with Crippen molar-refractivity contribution >= 4 is 21.7 Å². The Morgan fingerprint density at radius 3 is 2.75 bits per heavy atom. The van der Waals surface area contributed by atoms with E-state index in [0.29, 0.717) is 0 Å². The quantitative estimate of drug-likeness (QED) is 0.622. The summed E-state index contributed by atoms with van der Waals surface area (Å²) in [4.78, 5) is 8.21. The number of pyridine rings is 1. The maximum Gasteiger partial charge on any atom is 0.170 e. The molecule has 2 rings (SSSR count). The standard InChI is InChI=1S/C7H6N2S.C2H6/c1-5-2-6-7(8-3-5)9-4-10-6;1-2/h2-4H,1H3;1-2H3. The minimum Gasteiger partial charge on any atom is -0.236 e. The van der Waals surface area contributed by atoms with Gasteiger partial charge in [-0.25, -0.2) is 9.97 Å². The summed E-state index contributed by atoms with van der Waals surface area (Å²) < 4.78 is 1.17. The van der Waals surface area contributed by atoms with Crippen molar-refractivity contribution in [1.29, 1.82) is 0 Å². The molecule has 0 N–H and O–H groups in total. The molecule has 0 atom stereocenters. The predicted octanol–water partition coefficient (Wildman–Crippen LogP) is 3.03. The first kappa shape index (κ1) is 9.13. The normalized spacial score (nSPS) is 9.25. The van der Waals surface area contributed by atoms with E-state index in [1.165, 1.54) is 10.3 Å². The monoisotopic (exact) mass is 180 g/mol. The molecule has 0 bridgehead atoms. The molecule has 0 unspecified atom stereocenters. The highest BCUT2D eigenvalue weighted by atomic mass is 32.1. The number of thiazole rings is 1. The van der Waals surface area contributed by atoms with Gasteiger partial charge in [-0.05, 0) is 18.6 Å². The summed E-state index contributed by atoms with van der Waals surface area (Å²) in [6.45, 7) is 6.03. The Kier molecular flexibility index (Phi) is 3.17. The fraction of sp³-hybridized carbons (Fsp3) is 0.333. The van der Waals surface area contributed by atoms with E-state index >= 15 is 0 Å². The zero-order valence-electron chi connectivity index (χ0n) is 7.53. The van der Waals surface area contributed by atoms with Gasteiger partial charge in [-0.3, -0.25) is 0 Å². The maximum absolute atomic E-state index is 4.14. The van der Waals surface area contributed by atoms with E-state index in [9.17, 15) is 0 Å². The molecule has 12 heavy (non-hydrogen) atoms. The summed E-state index contributed by atoms with van der Waals surface area (Å²) >= 11 is 1.63. The summed E-state index contributed by atoms with van der Waals surface area (Å²) in [6.07, 6.45) is 1.84. The summed E-state index contributed by atoms with van der Waals surface area (Å²) in [6, 6.07) is 2.10. The topological polar surface area (TPSA) is 25.8 Å². The largest absolute Gasteiger partial charge is 0.236 e. The number of nitrogens with zero attached hydrogens (tertiary/aromatic N) is 2. The highest BCUT2D eigenvalue weighted by Crippen LogP contribution is 2.15. The molecule has 0 aliphatic heterocycles. The van der Waals surface area contributed by atoms with Crippen LogP contribution in [0.3, 0.4) is 0 Å². The summed E-state index contributed by atoms with van der Waals surface area (Å²) in [5.41, 5.74) is 3.87. The molecule has 2 nitrogen and oxygen atoms in total. The van der Waals surface area contributed by atoms with Gasteiger partial charge in [0.1, 0.15) is 0 Å². The van der Waals surface area contributed by atoms with E-state index in [1.807, 2.05) is 32.5 Å². The van der Waals surface area contributed by atoms with Gasteiger partial charge in [-0.15, -0.1) is 11.3 Å². The molecule has 0 aliphatic rings. The van der Waals surface area contributed by atoms with Crippen LogP contribution >= 0.6 is 11.3 Å². The minimum absolute atomic E-state index is 0.857. The molecule has 3 heteroatoms. The SMILES string of the molecule is CC.Cc1cnc2ncsc2c1. The summed E-state index contributed by atoms with van der Waals surface area (Å²) in [7, 11) is 0. The van der Waals surface area contributed by atoms with E-state index in [0.717, 1.165) is 5.65 Å². The maximum atomic E-state index is 4.14. The molecule has 0 saturated carbocycles.